The average molecular weight is 530 g/mol. The maximum Gasteiger partial charge on any atom is 0.0985 e. The van der Waals surface area contributed by atoms with E-state index >= 15 is 0 Å². The first-order valence-corrected chi connectivity index (χ1v) is 13.6. The van der Waals surface area contributed by atoms with Crippen LogP contribution in [0.15, 0.2) is 3.34 Å². The third-order valence-corrected chi connectivity index (χ3v) is 18.0. The van der Waals surface area contributed by atoms with Crippen LogP contribution in [0.2, 0.25) is 0 Å². The second-order valence-corrected chi connectivity index (χ2v) is 20.0. The molecule has 0 heterocycles. The topological polar surface area (TPSA) is 123 Å². The first-order chi connectivity index (χ1) is 11.1. The van der Waals surface area contributed by atoms with Gasteiger partial charge in [-0.25, -0.2) is 0 Å². The van der Waals surface area contributed by atoms with Gasteiger partial charge in [-0.2, -0.15) is 0 Å². The van der Waals surface area contributed by atoms with Crippen LogP contribution < -0.4 is 10.2 Å². The van der Waals surface area contributed by atoms with Crippen molar-refractivity contribution in [1.82, 2.24) is 9.91 Å². The fourth-order valence-electron chi connectivity index (χ4n) is 2.02. The Balaban J connectivity index is 0. The fourth-order valence-corrected chi connectivity index (χ4v) is 14.8. The summed E-state index contributed by atoms with van der Waals surface area (Å²) < 4.78 is 12.3. The number of rotatable bonds is 8. The van der Waals surface area contributed by atoms with E-state index in [0.717, 1.165) is 6.42 Å². The Hall–Kier alpha value is -0.680. The zero-order valence-corrected chi connectivity index (χ0v) is 20.0. The van der Waals surface area contributed by atoms with Crippen LogP contribution >= 0.6 is 0 Å². The summed E-state index contributed by atoms with van der Waals surface area (Å²) in [4.78, 5) is 19.1. The number of carboxylic acid groups (broad SMARTS) is 2. The van der Waals surface area contributed by atoms with Crippen LogP contribution in [0.4, 0.5) is 0 Å². The van der Waals surface area contributed by atoms with E-state index in [-0.39, 0.29) is 5.54 Å². The number of aliphatic carboxylic acids is 2. The molecular weight excluding hydrogens is 497 g/mol. The molecule has 0 saturated carbocycles. The summed E-state index contributed by atoms with van der Waals surface area (Å²) in [6.45, 7) is 6.68. The van der Waals surface area contributed by atoms with Gasteiger partial charge in [-0.05, 0) is 0 Å². The Morgan fingerprint density at radius 1 is 1.04 bits per heavy atom. The second kappa shape index (κ2) is 11.1. The van der Waals surface area contributed by atoms with Gasteiger partial charge in [0.25, 0.3) is 0 Å². The Bertz CT molecular complexity index is 464. The Morgan fingerprint density at radius 3 is 1.56 bits per heavy atom. The molecule has 0 amide bonds. The van der Waals surface area contributed by atoms with E-state index in [1.165, 1.54) is 0 Å². The van der Waals surface area contributed by atoms with Crippen LogP contribution in [0.25, 0.3) is 0 Å². The monoisotopic (exact) mass is 530 g/mol. The summed E-state index contributed by atoms with van der Waals surface area (Å²) in [5.74, 6) is -3.43. The summed E-state index contributed by atoms with van der Waals surface area (Å²) in [5.41, 5.74) is 0.0667. The zero-order valence-electron chi connectivity index (χ0n) is 16.8. The molecular formula is C15H33N4O5Ta. The largest absolute Gasteiger partial charge is 0.550 e. The summed E-state index contributed by atoms with van der Waals surface area (Å²) >= 11 is -2.98. The van der Waals surface area contributed by atoms with Crippen LogP contribution in [0.5, 0.6) is 0 Å². The molecule has 0 fully saturated rings. The molecule has 148 valence electrons. The Morgan fingerprint density at radius 2 is 1.40 bits per heavy atom. The SMILES string of the molecule is CCC(C)(C)[N]=[Ta+2]([N](C)C)([N](C)C)[N](C)C.O=C([O-])CC(O)C(=O)[O-]. The summed E-state index contributed by atoms with van der Waals surface area (Å²) in [7, 11) is 13.0. The Kier molecular flexibility index (Phi) is 11.8. The number of carboxylic acids is 2. The normalized spacial score (nSPS) is 12.8. The molecule has 0 radical (unpaired) electrons. The van der Waals surface area contributed by atoms with Crippen molar-refractivity contribution in [3.8, 4) is 0 Å². The van der Waals surface area contributed by atoms with Crippen molar-refractivity contribution >= 4 is 11.9 Å². The summed E-state index contributed by atoms with van der Waals surface area (Å²) in [6, 6.07) is 0. The van der Waals surface area contributed by atoms with E-state index < -0.39 is 42.2 Å². The molecule has 0 aromatic carbocycles. The van der Waals surface area contributed by atoms with Crippen molar-refractivity contribution in [2.45, 2.75) is 45.3 Å². The standard InChI is InChI=1S/C5H11N.C4H6O5.3C2H6N.Ta/c1-4-5(2,3)6;5-2(4(8)9)1-3(6)7;3*1-3-2;/h4H2,1-3H3;2,5H,1H2,(H,6,7)(H,8,9);3*1-2H3;/q;;3*-1;+5/p-2. The molecule has 25 heavy (non-hydrogen) atoms. The molecule has 0 aromatic heterocycles. The van der Waals surface area contributed by atoms with Gasteiger partial charge in [0, 0.05) is 12.4 Å². The molecule has 0 saturated heterocycles. The molecule has 0 rings (SSSR count). The minimum Gasteiger partial charge on any atom is -0.550 e. The maximum absolute atomic E-state index is 9.58. The fraction of sp³-hybridized carbons (Fsp3) is 0.867. The van der Waals surface area contributed by atoms with Gasteiger partial charge in [-0.15, -0.1) is 0 Å². The molecule has 0 aromatic rings. The van der Waals surface area contributed by atoms with Crippen molar-refractivity contribution in [3.05, 3.63) is 0 Å². The van der Waals surface area contributed by atoms with E-state index in [0.29, 0.717) is 0 Å². The smallest absolute Gasteiger partial charge is 0.0985 e. The quantitative estimate of drug-likeness (QED) is 0.390. The number of nitrogens with zero attached hydrogens (tertiary/aromatic N) is 4. The van der Waals surface area contributed by atoms with E-state index in [1.54, 1.807) is 0 Å². The molecule has 1 atom stereocenters. The van der Waals surface area contributed by atoms with E-state index in [2.05, 4.69) is 73.0 Å². The van der Waals surface area contributed by atoms with E-state index in [9.17, 15) is 19.8 Å². The van der Waals surface area contributed by atoms with Gasteiger partial charge in [-0.3, -0.25) is 0 Å². The molecule has 9 nitrogen and oxygen atoms in total. The van der Waals surface area contributed by atoms with Crippen LogP contribution in [-0.2, 0) is 27.3 Å². The molecule has 0 bridgehead atoms. The minimum atomic E-state index is -2.98. The van der Waals surface area contributed by atoms with Gasteiger partial charge in [0.15, 0.2) is 0 Å². The van der Waals surface area contributed by atoms with E-state index in [1.807, 2.05) is 0 Å². The van der Waals surface area contributed by atoms with Crippen LogP contribution in [0.3, 0.4) is 0 Å². The van der Waals surface area contributed by atoms with Gasteiger partial charge in [-0.1, -0.05) is 0 Å². The Labute approximate surface area is 155 Å². The molecule has 10 heteroatoms. The van der Waals surface area contributed by atoms with E-state index in [4.69, 9.17) is 8.44 Å². The molecule has 0 aliphatic rings. The van der Waals surface area contributed by atoms with Crippen molar-refractivity contribution in [3.63, 3.8) is 0 Å². The maximum atomic E-state index is 9.58. The number of hydrogen-bond acceptors (Lipinski definition) is 6. The van der Waals surface area contributed by atoms with Gasteiger partial charge in [0.2, 0.25) is 0 Å². The molecule has 0 spiro atoms. The first kappa shape index (κ1) is 26.5. The predicted molar refractivity (Wildman–Crippen MR) is 88.5 cm³/mol. The second-order valence-electron chi connectivity index (χ2n) is 6.76. The van der Waals surface area contributed by atoms with Gasteiger partial charge >= 0.3 is 106 Å². The molecule has 1 N–H and O–H groups in total. The third-order valence-electron chi connectivity index (χ3n) is 3.51. The van der Waals surface area contributed by atoms with Crippen molar-refractivity contribution in [1.29, 1.82) is 0 Å². The summed E-state index contributed by atoms with van der Waals surface area (Å²) in [6.07, 6.45) is -1.81. The predicted octanol–water partition coefficient (Wildman–Crippen LogP) is -1.82. The van der Waals surface area contributed by atoms with Crippen LogP contribution in [0, 0.1) is 0 Å². The number of aliphatic hydroxyl groups excluding tert-OH is 1. The number of aliphatic hydroxyl groups is 1. The van der Waals surface area contributed by atoms with Gasteiger partial charge in [0.05, 0.1) is 12.1 Å². The van der Waals surface area contributed by atoms with Crippen molar-refractivity contribution < 1.29 is 42.6 Å². The number of carbonyl (C=O) groups is 2. The van der Waals surface area contributed by atoms with Crippen molar-refractivity contribution in [2.75, 3.05) is 42.3 Å². The summed E-state index contributed by atoms with van der Waals surface area (Å²) in [5, 5.41) is 27.3. The average Bonchev–Trinajstić information content (AvgIpc) is 2.43. The number of carbonyl (C=O) groups excluding carboxylic acids is 2. The first-order valence-electron chi connectivity index (χ1n) is 7.89. The van der Waals surface area contributed by atoms with Crippen LogP contribution in [0.1, 0.15) is 33.6 Å². The molecule has 0 aliphatic heterocycles. The van der Waals surface area contributed by atoms with Gasteiger partial charge < -0.3 is 24.9 Å². The van der Waals surface area contributed by atoms with Crippen LogP contribution in [-0.4, -0.2) is 80.9 Å². The minimum absolute atomic E-state index is 0.0667. The number of hydrogen-bond donors (Lipinski definition) is 1. The molecule has 1 unspecified atom stereocenters. The van der Waals surface area contributed by atoms with Gasteiger partial charge in [0.1, 0.15) is 0 Å². The zero-order chi connectivity index (χ0) is 20.6. The third kappa shape index (κ3) is 9.00. The van der Waals surface area contributed by atoms with Crippen molar-refractivity contribution in [2.24, 2.45) is 3.34 Å². The molecule has 0 aliphatic carbocycles.